The maximum Gasteiger partial charge on any atom is 0.126 e. The molecule has 0 atom stereocenters. The molecule has 0 fully saturated rings. The van der Waals surface area contributed by atoms with E-state index in [1.165, 1.54) is 0 Å². The van der Waals surface area contributed by atoms with Crippen molar-refractivity contribution in [1.82, 2.24) is 3.11 Å². The molecule has 0 saturated carbocycles. The summed E-state index contributed by atoms with van der Waals surface area (Å²) in [5.74, 6) is -0.0444. The van der Waals surface area contributed by atoms with Crippen molar-refractivity contribution < 1.29 is 4.39 Å². The molecule has 0 aromatic heterocycles. The van der Waals surface area contributed by atoms with Crippen LogP contribution in [0.3, 0.4) is 0 Å². The van der Waals surface area contributed by atoms with E-state index in [-0.39, 0.29) is 5.82 Å². The zero-order valence-corrected chi connectivity index (χ0v) is 8.71. The van der Waals surface area contributed by atoms with Crippen LogP contribution in [0.1, 0.15) is 11.1 Å². The predicted molar refractivity (Wildman–Crippen MR) is 54.5 cm³/mol. The molecular weight excluding hydrogens is 268 g/mol. The third-order valence-electron chi connectivity index (χ3n) is 2.16. The predicted octanol–water partition coefficient (Wildman–Crippen LogP) is 2.53. The van der Waals surface area contributed by atoms with Crippen molar-refractivity contribution in [3.8, 4) is 0 Å². The molecule has 1 aromatic rings. The number of benzene rings is 1. The molecule has 1 nitrogen and oxygen atoms in total. The second-order valence-corrected chi connectivity index (χ2v) is 4.34. The fourth-order valence-electron chi connectivity index (χ4n) is 1.53. The molecule has 0 spiro atoms. The SMILES string of the molecule is Fc1cccc2c1CCN(I)C2. The smallest absolute Gasteiger partial charge is 0.126 e. The molecule has 1 aliphatic rings. The Morgan fingerprint density at radius 2 is 2.25 bits per heavy atom. The topological polar surface area (TPSA) is 3.24 Å². The largest absolute Gasteiger partial charge is 0.243 e. The van der Waals surface area contributed by atoms with Gasteiger partial charge in [0.15, 0.2) is 0 Å². The Bertz CT molecular complexity index is 301. The van der Waals surface area contributed by atoms with E-state index in [0.29, 0.717) is 0 Å². The van der Waals surface area contributed by atoms with Crippen molar-refractivity contribution in [2.45, 2.75) is 13.0 Å². The number of hydrogen-bond donors (Lipinski definition) is 0. The Morgan fingerprint density at radius 1 is 1.42 bits per heavy atom. The van der Waals surface area contributed by atoms with Crippen LogP contribution in [-0.2, 0) is 13.0 Å². The monoisotopic (exact) mass is 277 g/mol. The first kappa shape index (κ1) is 8.44. The van der Waals surface area contributed by atoms with Gasteiger partial charge in [-0.05, 0) is 23.6 Å². The molecule has 1 heterocycles. The van der Waals surface area contributed by atoms with E-state index >= 15 is 0 Å². The van der Waals surface area contributed by atoms with Crippen LogP contribution in [0.4, 0.5) is 4.39 Å². The summed E-state index contributed by atoms with van der Waals surface area (Å²) in [7, 11) is 0. The van der Waals surface area contributed by atoms with Gasteiger partial charge in [-0.25, -0.2) is 7.50 Å². The summed E-state index contributed by atoms with van der Waals surface area (Å²) in [5, 5.41) is 0. The maximum absolute atomic E-state index is 13.2. The summed E-state index contributed by atoms with van der Waals surface area (Å²) >= 11 is 2.28. The van der Waals surface area contributed by atoms with Gasteiger partial charge in [0.25, 0.3) is 0 Å². The second kappa shape index (κ2) is 3.30. The van der Waals surface area contributed by atoms with E-state index in [2.05, 4.69) is 26.0 Å². The Kier molecular flexibility index (Phi) is 2.32. The zero-order valence-electron chi connectivity index (χ0n) is 6.56. The zero-order chi connectivity index (χ0) is 8.55. The summed E-state index contributed by atoms with van der Waals surface area (Å²) in [6.07, 6.45) is 0.838. The highest BCUT2D eigenvalue weighted by atomic mass is 127. The highest BCUT2D eigenvalue weighted by molar-refractivity contribution is 14.1. The van der Waals surface area contributed by atoms with Crippen LogP contribution < -0.4 is 0 Å². The highest BCUT2D eigenvalue weighted by Gasteiger charge is 2.16. The van der Waals surface area contributed by atoms with E-state index in [1.54, 1.807) is 12.1 Å². The van der Waals surface area contributed by atoms with Crippen LogP contribution in [0.5, 0.6) is 0 Å². The minimum absolute atomic E-state index is 0.0444. The quantitative estimate of drug-likeness (QED) is 0.520. The summed E-state index contributed by atoms with van der Waals surface area (Å²) in [4.78, 5) is 0. The molecule has 3 heteroatoms. The molecule has 1 aromatic carbocycles. The van der Waals surface area contributed by atoms with Crippen molar-refractivity contribution >= 4 is 22.9 Å². The summed E-state index contributed by atoms with van der Waals surface area (Å²) in [5.41, 5.74) is 2.04. The van der Waals surface area contributed by atoms with E-state index in [1.807, 2.05) is 6.07 Å². The highest BCUT2D eigenvalue weighted by Crippen LogP contribution is 2.23. The fraction of sp³-hybridized carbons (Fsp3) is 0.333. The van der Waals surface area contributed by atoms with Crippen LogP contribution in [0.25, 0.3) is 0 Å². The first-order chi connectivity index (χ1) is 5.77. The van der Waals surface area contributed by atoms with Gasteiger partial charge < -0.3 is 0 Å². The Hall–Kier alpha value is -0.160. The molecular formula is C9H9FIN. The molecule has 0 bridgehead atoms. The number of nitrogens with zero attached hydrogens (tertiary/aromatic N) is 1. The van der Waals surface area contributed by atoms with Crippen LogP contribution in [-0.4, -0.2) is 9.66 Å². The Morgan fingerprint density at radius 3 is 3.08 bits per heavy atom. The molecule has 0 N–H and O–H groups in total. The lowest BCUT2D eigenvalue weighted by Gasteiger charge is -2.23. The minimum atomic E-state index is -0.0444. The van der Waals surface area contributed by atoms with Crippen molar-refractivity contribution in [2.24, 2.45) is 0 Å². The lowest BCUT2D eigenvalue weighted by molar-refractivity contribution is 0.465. The molecule has 64 valence electrons. The van der Waals surface area contributed by atoms with Crippen molar-refractivity contribution in [2.75, 3.05) is 6.54 Å². The number of hydrogen-bond acceptors (Lipinski definition) is 1. The number of fused-ring (bicyclic) bond motifs is 1. The van der Waals surface area contributed by atoms with Crippen LogP contribution in [0.15, 0.2) is 18.2 Å². The van der Waals surface area contributed by atoms with Crippen molar-refractivity contribution in [3.05, 3.63) is 35.1 Å². The Labute approximate surface area is 85.1 Å². The molecule has 0 aliphatic carbocycles. The van der Waals surface area contributed by atoms with Gasteiger partial charge in [-0.3, -0.25) is 0 Å². The van der Waals surface area contributed by atoms with Gasteiger partial charge >= 0.3 is 0 Å². The summed E-state index contributed by atoms with van der Waals surface area (Å²) in [6, 6.07) is 5.33. The van der Waals surface area contributed by atoms with Gasteiger partial charge in [0, 0.05) is 36.0 Å². The Balaban J connectivity index is 2.42. The minimum Gasteiger partial charge on any atom is -0.243 e. The normalized spacial score (nSPS) is 17.5. The standard InChI is InChI=1S/C9H9FIN/c10-9-3-1-2-7-6-12(11)5-4-8(7)9/h1-3H,4-6H2. The number of rotatable bonds is 0. The third-order valence-corrected chi connectivity index (χ3v) is 2.99. The van der Waals surface area contributed by atoms with E-state index in [0.717, 1.165) is 30.6 Å². The molecule has 12 heavy (non-hydrogen) atoms. The maximum atomic E-state index is 13.2. The lowest BCUT2D eigenvalue weighted by Crippen LogP contribution is -2.22. The molecule has 0 unspecified atom stereocenters. The van der Waals surface area contributed by atoms with Gasteiger partial charge in [-0.1, -0.05) is 12.1 Å². The molecule has 0 saturated heterocycles. The van der Waals surface area contributed by atoms with E-state index in [4.69, 9.17) is 0 Å². The first-order valence-electron chi connectivity index (χ1n) is 3.94. The third kappa shape index (κ3) is 1.47. The van der Waals surface area contributed by atoms with Gasteiger partial charge in [0.2, 0.25) is 0 Å². The van der Waals surface area contributed by atoms with Crippen molar-refractivity contribution in [1.29, 1.82) is 0 Å². The fourth-order valence-corrected chi connectivity index (χ4v) is 2.14. The van der Waals surface area contributed by atoms with Gasteiger partial charge in [0.1, 0.15) is 5.82 Å². The van der Waals surface area contributed by atoms with Gasteiger partial charge in [-0.2, -0.15) is 0 Å². The molecule has 0 radical (unpaired) electrons. The van der Waals surface area contributed by atoms with E-state index < -0.39 is 0 Å². The average molecular weight is 277 g/mol. The number of halogens is 2. The van der Waals surface area contributed by atoms with Crippen LogP contribution >= 0.6 is 22.9 Å². The van der Waals surface area contributed by atoms with Gasteiger partial charge in [-0.15, -0.1) is 0 Å². The van der Waals surface area contributed by atoms with E-state index in [9.17, 15) is 4.39 Å². The van der Waals surface area contributed by atoms with Gasteiger partial charge in [0.05, 0.1) is 0 Å². The second-order valence-electron chi connectivity index (χ2n) is 2.97. The first-order valence-corrected chi connectivity index (χ1v) is 4.91. The molecule has 0 amide bonds. The van der Waals surface area contributed by atoms with Crippen LogP contribution in [0, 0.1) is 5.82 Å². The lowest BCUT2D eigenvalue weighted by atomic mass is 10.0. The average Bonchev–Trinajstić information content (AvgIpc) is 2.04. The summed E-state index contributed by atoms with van der Waals surface area (Å²) < 4.78 is 15.4. The summed E-state index contributed by atoms with van der Waals surface area (Å²) in [6.45, 7) is 1.82. The molecule has 1 aliphatic heterocycles. The van der Waals surface area contributed by atoms with Crippen LogP contribution in [0.2, 0.25) is 0 Å². The van der Waals surface area contributed by atoms with Crippen molar-refractivity contribution in [3.63, 3.8) is 0 Å². The molecule has 2 rings (SSSR count).